The molecule has 2 heterocycles. The highest BCUT2D eigenvalue weighted by atomic mass is 16.9. The van der Waals surface area contributed by atoms with Gasteiger partial charge in [0, 0.05) is 30.6 Å². The number of aromatic nitrogens is 2. The molecule has 1 aliphatic carbocycles. The molecule has 2 aliphatic rings. The summed E-state index contributed by atoms with van der Waals surface area (Å²) in [5.41, 5.74) is 0. The topological polar surface area (TPSA) is 100 Å². The van der Waals surface area contributed by atoms with Crippen molar-refractivity contribution in [3.05, 3.63) is 18.2 Å². The van der Waals surface area contributed by atoms with Crippen LogP contribution in [0.5, 0.6) is 0 Å². The van der Waals surface area contributed by atoms with Crippen LogP contribution in [0.25, 0.3) is 0 Å². The Bertz CT molecular complexity index is 639. The zero-order valence-corrected chi connectivity index (χ0v) is 15.3. The van der Waals surface area contributed by atoms with Crippen molar-refractivity contribution in [1.82, 2.24) is 14.8 Å². The first-order valence-electron chi connectivity index (χ1n) is 9.47. The third-order valence-electron chi connectivity index (χ3n) is 5.40. The molecule has 144 valence electrons. The summed E-state index contributed by atoms with van der Waals surface area (Å²) in [4.78, 5) is 25.3. The van der Waals surface area contributed by atoms with E-state index in [0.29, 0.717) is 17.5 Å². The second kappa shape index (κ2) is 8.64. The molecule has 8 nitrogen and oxygen atoms in total. The molecule has 2 atom stereocenters. The number of rotatable bonds is 8. The van der Waals surface area contributed by atoms with Gasteiger partial charge in [0.15, 0.2) is 5.82 Å². The molecule has 0 spiro atoms. The summed E-state index contributed by atoms with van der Waals surface area (Å²) in [6.45, 7) is 0. The normalized spacial score (nSPS) is 22.8. The van der Waals surface area contributed by atoms with Crippen LogP contribution < -0.4 is 0 Å². The van der Waals surface area contributed by atoms with E-state index in [-0.39, 0.29) is 18.2 Å². The number of hydrogen-bond donors (Lipinski definition) is 2. The number of carboxylic acid groups (broad SMARTS) is 1. The van der Waals surface area contributed by atoms with Gasteiger partial charge in [-0.15, -0.1) is 0 Å². The van der Waals surface area contributed by atoms with Gasteiger partial charge in [-0.2, -0.15) is 0 Å². The lowest BCUT2D eigenvalue weighted by atomic mass is 9.84. The fraction of sp³-hybridized carbons (Fsp3) is 0.722. The van der Waals surface area contributed by atoms with E-state index >= 15 is 0 Å². The highest BCUT2D eigenvalue weighted by Gasteiger charge is 2.36. The maximum Gasteiger partial charge on any atom is 0.304 e. The second-order valence-electron chi connectivity index (χ2n) is 7.36. The van der Waals surface area contributed by atoms with Gasteiger partial charge < -0.3 is 14.5 Å². The maximum absolute atomic E-state index is 11.3. The molecule has 1 unspecified atom stereocenters. The number of aliphatic imine (C=N–C) groups is 1. The predicted octanol–water partition coefficient (Wildman–Crippen LogP) is 3.30. The summed E-state index contributed by atoms with van der Waals surface area (Å²) in [5.74, 6) is 0.362. The van der Waals surface area contributed by atoms with Gasteiger partial charge in [-0.3, -0.25) is 10.0 Å². The molecule has 1 fully saturated rings. The van der Waals surface area contributed by atoms with Crippen LogP contribution in [-0.2, 0) is 16.7 Å². The third kappa shape index (κ3) is 4.62. The van der Waals surface area contributed by atoms with Gasteiger partial charge in [0.25, 0.3) is 0 Å². The molecule has 0 aromatic carbocycles. The largest absolute Gasteiger partial charge is 0.481 e. The van der Waals surface area contributed by atoms with Crippen LogP contribution in [0.4, 0.5) is 0 Å². The van der Waals surface area contributed by atoms with Crippen molar-refractivity contribution in [2.75, 3.05) is 0 Å². The van der Waals surface area contributed by atoms with E-state index in [4.69, 9.17) is 4.84 Å². The quantitative estimate of drug-likeness (QED) is 0.734. The summed E-state index contributed by atoms with van der Waals surface area (Å²) in [5, 5.41) is 20.0. The molecule has 1 aromatic rings. The number of aryl methyl sites for hydroxylation is 1. The number of nitrogens with zero attached hydrogens (tertiary/aromatic N) is 4. The Morgan fingerprint density at radius 3 is 2.81 bits per heavy atom. The SMILES string of the molecule is Cn1ccnc1C1N=C([C@H](CCCC2CCCCC2)CC(=O)O)ON1O. The van der Waals surface area contributed by atoms with Crippen molar-refractivity contribution >= 4 is 11.9 Å². The van der Waals surface area contributed by atoms with Crippen LogP contribution in [0.3, 0.4) is 0 Å². The van der Waals surface area contributed by atoms with E-state index in [1.165, 1.54) is 32.1 Å². The predicted molar refractivity (Wildman–Crippen MR) is 94.3 cm³/mol. The monoisotopic (exact) mass is 364 g/mol. The Labute approximate surface area is 153 Å². The minimum atomic E-state index is -0.885. The summed E-state index contributed by atoms with van der Waals surface area (Å²) >= 11 is 0. The summed E-state index contributed by atoms with van der Waals surface area (Å²) in [6, 6.07) is 0. The second-order valence-corrected chi connectivity index (χ2v) is 7.36. The lowest BCUT2D eigenvalue weighted by Gasteiger charge is -2.22. The first-order chi connectivity index (χ1) is 12.5. The Morgan fingerprint density at radius 1 is 1.38 bits per heavy atom. The molecular weight excluding hydrogens is 336 g/mol. The first kappa shape index (κ1) is 18.8. The number of hydroxylamine groups is 2. The average Bonchev–Trinajstić information content (AvgIpc) is 3.20. The number of hydrogen-bond acceptors (Lipinski definition) is 6. The van der Waals surface area contributed by atoms with Crippen LogP contribution in [0.1, 0.15) is 69.8 Å². The van der Waals surface area contributed by atoms with Crippen LogP contribution in [0.2, 0.25) is 0 Å². The van der Waals surface area contributed by atoms with Crippen molar-refractivity contribution in [1.29, 1.82) is 0 Å². The molecule has 3 rings (SSSR count). The van der Waals surface area contributed by atoms with Crippen molar-refractivity contribution in [3.8, 4) is 0 Å². The van der Waals surface area contributed by atoms with Gasteiger partial charge in [-0.05, 0) is 12.3 Å². The number of carboxylic acids is 1. The molecule has 0 saturated heterocycles. The van der Waals surface area contributed by atoms with Gasteiger partial charge in [0.05, 0.1) is 6.42 Å². The Kier molecular flexibility index (Phi) is 6.26. The van der Waals surface area contributed by atoms with Crippen LogP contribution in [0.15, 0.2) is 17.4 Å². The summed E-state index contributed by atoms with van der Waals surface area (Å²) in [6.07, 6.45) is 11.9. The van der Waals surface area contributed by atoms with Crippen LogP contribution >= 0.6 is 0 Å². The molecule has 26 heavy (non-hydrogen) atoms. The zero-order chi connectivity index (χ0) is 18.5. The highest BCUT2D eigenvalue weighted by molar-refractivity contribution is 5.83. The Morgan fingerprint density at radius 2 is 2.15 bits per heavy atom. The van der Waals surface area contributed by atoms with Gasteiger partial charge in [-0.1, -0.05) is 44.9 Å². The number of aliphatic carboxylic acids is 1. The molecule has 8 heteroatoms. The molecule has 1 saturated carbocycles. The fourth-order valence-electron chi connectivity index (χ4n) is 3.95. The molecule has 0 bridgehead atoms. The molecular formula is C18H28N4O4. The average molecular weight is 364 g/mol. The van der Waals surface area contributed by atoms with Gasteiger partial charge in [-0.25, -0.2) is 9.98 Å². The van der Waals surface area contributed by atoms with E-state index in [0.717, 1.165) is 18.8 Å². The molecule has 0 amide bonds. The lowest BCUT2D eigenvalue weighted by Crippen LogP contribution is -2.25. The van der Waals surface area contributed by atoms with Gasteiger partial charge in [0.1, 0.15) is 0 Å². The van der Waals surface area contributed by atoms with Gasteiger partial charge in [0.2, 0.25) is 12.1 Å². The fourth-order valence-corrected chi connectivity index (χ4v) is 3.95. The lowest BCUT2D eigenvalue weighted by molar-refractivity contribution is -0.307. The van der Waals surface area contributed by atoms with Crippen molar-refractivity contribution in [2.24, 2.45) is 23.9 Å². The number of imidazole rings is 1. The van der Waals surface area contributed by atoms with Crippen molar-refractivity contribution in [3.63, 3.8) is 0 Å². The summed E-state index contributed by atoms with van der Waals surface area (Å²) < 4.78 is 1.75. The van der Waals surface area contributed by atoms with Crippen LogP contribution in [-0.4, -0.2) is 37.0 Å². The smallest absolute Gasteiger partial charge is 0.304 e. The molecule has 1 aromatic heterocycles. The molecule has 2 N–H and O–H groups in total. The van der Waals surface area contributed by atoms with E-state index in [1.54, 1.807) is 17.0 Å². The Balaban J connectivity index is 1.63. The summed E-state index contributed by atoms with van der Waals surface area (Å²) in [7, 11) is 1.81. The standard InChI is InChI=1S/C18H28N4O4/c1-21-11-10-19-16(21)17-20-18(26-22(17)25)14(12-15(23)24)9-5-8-13-6-3-2-4-7-13/h10-11,13-14,17,25H,2-9,12H2,1H3,(H,23,24)/t14-,17?/m1/s1. The minimum absolute atomic E-state index is 0.0510. The van der Waals surface area contributed by atoms with E-state index < -0.39 is 12.1 Å². The molecule has 0 radical (unpaired) electrons. The van der Waals surface area contributed by atoms with Crippen molar-refractivity contribution < 1.29 is 19.9 Å². The minimum Gasteiger partial charge on any atom is -0.481 e. The third-order valence-corrected chi connectivity index (χ3v) is 5.40. The number of carbonyl (C=O) groups is 1. The van der Waals surface area contributed by atoms with Crippen LogP contribution in [0, 0.1) is 11.8 Å². The first-order valence-corrected chi connectivity index (χ1v) is 9.47. The highest BCUT2D eigenvalue weighted by Crippen LogP contribution is 2.32. The maximum atomic E-state index is 11.3. The Hall–Kier alpha value is -1.93. The molecule has 1 aliphatic heterocycles. The van der Waals surface area contributed by atoms with E-state index in [9.17, 15) is 15.1 Å². The van der Waals surface area contributed by atoms with Gasteiger partial charge >= 0.3 is 5.97 Å². The van der Waals surface area contributed by atoms with Crippen molar-refractivity contribution in [2.45, 2.75) is 64.0 Å². The zero-order valence-electron chi connectivity index (χ0n) is 15.3. The van der Waals surface area contributed by atoms with E-state index in [1.807, 2.05) is 7.05 Å². The van der Waals surface area contributed by atoms with E-state index in [2.05, 4.69) is 9.98 Å².